The molecule has 1 rings (SSSR count). The third-order valence-corrected chi connectivity index (χ3v) is 3.28. The average Bonchev–Trinajstić information content (AvgIpc) is 2.18. The van der Waals surface area contributed by atoms with E-state index in [0.717, 1.165) is 17.4 Å². The molecule has 0 saturated carbocycles. The van der Waals surface area contributed by atoms with Crippen LogP contribution in [0.25, 0.3) is 0 Å². The second-order valence-electron chi connectivity index (χ2n) is 4.38. The van der Waals surface area contributed by atoms with Crippen LogP contribution in [-0.2, 0) is 6.42 Å². The fourth-order valence-electron chi connectivity index (χ4n) is 1.78. The summed E-state index contributed by atoms with van der Waals surface area (Å²) in [6.45, 7) is 5.59. The van der Waals surface area contributed by atoms with Crippen LogP contribution < -0.4 is 5.32 Å². The lowest BCUT2D eigenvalue weighted by Crippen LogP contribution is -2.31. The highest BCUT2D eigenvalue weighted by molar-refractivity contribution is 9.10. The van der Waals surface area contributed by atoms with Crippen molar-refractivity contribution in [3.05, 3.63) is 28.5 Å². The number of hydrogen-bond acceptors (Lipinski definition) is 2. The van der Waals surface area contributed by atoms with Crippen molar-refractivity contribution in [3.8, 4) is 0 Å². The highest BCUT2D eigenvalue weighted by atomic mass is 79.9. The van der Waals surface area contributed by atoms with Gasteiger partial charge in [-0.3, -0.25) is 4.98 Å². The number of halogens is 1. The van der Waals surface area contributed by atoms with Crippen LogP contribution in [0.5, 0.6) is 0 Å². The predicted molar refractivity (Wildman–Crippen MR) is 68.0 cm³/mol. The number of aromatic nitrogens is 1. The molecule has 2 nitrogen and oxygen atoms in total. The summed E-state index contributed by atoms with van der Waals surface area (Å²) < 4.78 is 1.06. The molecule has 1 N–H and O–H groups in total. The van der Waals surface area contributed by atoms with Gasteiger partial charge in [0.15, 0.2) is 0 Å². The third-order valence-electron chi connectivity index (χ3n) is 2.85. The summed E-state index contributed by atoms with van der Waals surface area (Å²) in [7, 11) is 2.01. The first kappa shape index (κ1) is 12.7. The Kier molecular flexibility index (Phi) is 4.74. The van der Waals surface area contributed by atoms with E-state index in [9.17, 15) is 0 Å². The summed E-state index contributed by atoms with van der Waals surface area (Å²) in [5, 5.41) is 3.26. The lowest BCUT2D eigenvalue weighted by atomic mass is 9.81. The summed E-state index contributed by atoms with van der Waals surface area (Å²) in [4.78, 5) is 4.20. The molecule has 0 saturated heterocycles. The van der Waals surface area contributed by atoms with Gasteiger partial charge in [0.05, 0.1) is 0 Å². The zero-order valence-electron chi connectivity index (χ0n) is 9.68. The third kappa shape index (κ3) is 3.92. The van der Waals surface area contributed by atoms with Crippen LogP contribution >= 0.6 is 15.9 Å². The normalized spacial score (nSPS) is 14.9. The smallest absolute Gasteiger partial charge is 0.0410 e. The molecule has 0 amide bonds. The van der Waals surface area contributed by atoms with Crippen molar-refractivity contribution in [1.29, 1.82) is 0 Å². The summed E-state index contributed by atoms with van der Waals surface area (Å²) in [5.41, 5.74) is 1.61. The van der Waals surface area contributed by atoms with E-state index in [0.29, 0.717) is 5.41 Å². The van der Waals surface area contributed by atoms with Crippen LogP contribution in [0.3, 0.4) is 0 Å². The molecule has 1 heterocycles. The van der Waals surface area contributed by atoms with Crippen molar-refractivity contribution in [2.24, 2.45) is 5.41 Å². The van der Waals surface area contributed by atoms with Gasteiger partial charge in [-0.05, 0) is 52.9 Å². The number of nitrogens with zero attached hydrogens (tertiary/aromatic N) is 1. The Morgan fingerprint density at radius 2 is 2.20 bits per heavy atom. The highest BCUT2D eigenvalue weighted by Gasteiger charge is 2.21. The molecule has 0 spiro atoms. The summed E-state index contributed by atoms with van der Waals surface area (Å²) in [6, 6.07) is 2.15. The standard InChI is InChI=1S/C12H19BrN2/c1-4-12(2,9-14-3)6-10-5-11(13)8-15-7-10/h5,7-8,14H,4,6,9H2,1-3H3. The Balaban J connectivity index is 2.74. The molecule has 0 radical (unpaired) electrons. The van der Waals surface area contributed by atoms with Crippen molar-refractivity contribution in [1.82, 2.24) is 10.3 Å². The quantitative estimate of drug-likeness (QED) is 0.890. The van der Waals surface area contributed by atoms with Crippen molar-refractivity contribution in [2.45, 2.75) is 26.7 Å². The Morgan fingerprint density at radius 1 is 1.47 bits per heavy atom. The number of rotatable bonds is 5. The lowest BCUT2D eigenvalue weighted by molar-refractivity contribution is 0.298. The van der Waals surface area contributed by atoms with Gasteiger partial charge < -0.3 is 5.32 Å². The maximum Gasteiger partial charge on any atom is 0.0410 e. The number of pyridine rings is 1. The van der Waals surface area contributed by atoms with Gasteiger partial charge in [-0.1, -0.05) is 13.8 Å². The first-order valence-corrected chi connectivity index (χ1v) is 6.13. The summed E-state index contributed by atoms with van der Waals surface area (Å²) in [5.74, 6) is 0. The molecule has 0 aliphatic heterocycles. The van der Waals surface area contributed by atoms with E-state index in [1.54, 1.807) is 0 Å². The molecule has 0 aliphatic rings. The second kappa shape index (κ2) is 5.61. The highest BCUT2D eigenvalue weighted by Crippen LogP contribution is 2.26. The van der Waals surface area contributed by atoms with Crippen LogP contribution in [0.1, 0.15) is 25.8 Å². The average molecular weight is 271 g/mol. The van der Waals surface area contributed by atoms with Gasteiger partial charge in [0.1, 0.15) is 0 Å². The molecule has 3 heteroatoms. The van der Waals surface area contributed by atoms with E-state index in [1.165, 1.54) is 12.0 Å². The molecule has 1 unspecified atom stereocenters. The first-order valence-electron chi connectivity index (χ1n) is 5.33. The molecule has 0 bridgehead atoms. The van der Waals surface area contributed by atoms with Gasteiger partial charge in [0, 0.05) is 23.4 Å². The number of hydrogen-bond donors (Lipinski definition) is 1. The minimum absolute atomic E-state index is 0.317. The zero-order chi connectivity index (χ0) is 11.3. The van der Waals surface area contributed by atoms with Gasteiger partial charge >= 0.3 is 0 Å². The van der Waals surface area contributed by atoms with Gasteiger partial charge in [0.25, 0.3) is 0 Å². The Morgan fingerprint density at radius 3 is 2.73 bits per heavy atom. The van der Waals surface area contributed by atoms with Crippen LogP contribution in [0.4, 0.5) is 0 Å². The van der Waals surface area contributed by atoms with Crippen molar-refractivity contribution >= 4 is 15.9 Å². The molecule has 0 aliphatic carbocycles. The summed E-state index contributed by atoms with van der Waals surface area (Å²) in [6.07, 6.45) is 6.01. The maximum absolute atomic E-state index is 4.20. The predicted octanol–water partition coefficient (Wildman–Crippen LogP) is 3.02. The van der Waals surface area contributed by atoms with Crippen LogP contribution in [0.15, 0.2) is 22.9 Å². The molecular weight excluding hydrogens is 252 g/mol. The monoisotopic (exact) mass is 270 g/mol. The fraction of sp³-hybridized carbons (Fsp3) is 0.583. The zero-order valence-corrected chi connectivity index (χ0v) is 11.3. The van der Waals surface area contributed by atoms with Crippen molar-refractivity contribution < 1.29 is 0 Å². The van der Waals surface area contributed by atoms with Gasteiger partial charge in [-0.25, -0.2) is 0 Å². The molecule has 1 aromatic heterocycles. The molecule has 0 fully saturated rings. The molecule has 0 aromatic carbocycles. The van der Waals surface area contributed by atoms with Crippen LogP contribution in [-0.4, -0.2) is 18.6 Å². The number of nitrogens with one attached hydrogen (secondary N) is 1. The maximum atomic E-state index is 4.20. The molecular formula is C12H19BrN2. The summed E-state index contributed by atoms with van der Waals surface area (Å²) >= 11 is 3.45. The van der Waals surface area contributed by atoms with Crippen LogP contribution in [0.2, 0.25) is 0 Å². The molecule has 1 atom stereocenters. The van der Waals surface area contributed by atoms with Gasteiger partial charge in [0.2, 0.25) is 0 Å². The SMILES string of the molecule is CCC(C)(CNC)Cc1cncc(Br)c1. The van der Waals surface area contributed by atoms with Gasteiger partial charge in [-0.2, -0.15) is 0 Å². The van der Waals surface area contributed by atoms with E-state index in [2.05, 4.69) is 46.1 Å². The van der Waals surface area contributed by atoms with Crippen LogP contribution in [0, 0.1) is 5.41 Å². The van der Waals surface area contributed by atoms with Gasteiger partial charge in [-0.15, -0.1) is 0 Å². The molecule has 15 heavy (non-hydrogen) atoms. The van der Waals surface area contributed by atoms with E-state index in [4.69, 9.17) is 0 Å². The minimum Gasteiger partial charge on any atom is -0.319 e. The lowest BCUT2D eigenvalue weighted by Gasteiger charge is -2.28. The minimum atomic E-state index is 0.317. The Hall–Kier alpha value is -0.410. The Bertz CT molecular complexity index is 314. The van der Waals surface area contributed by atoms with Crippen molar-refractivity contribution in [3.63, 3.8) is 0 Å². The largest absolute Gasteiger partial charge is 0.319 e. The molecule has 84 valence electrons. The second-order valence-corrected chi connectivity index (χ2v) is 5.30. The van der Waals surface area contributed by atoms with E-state index >= 15 is 0 Å². The first-order chi connectivity index (χ1) is 7.09. The topological polar surface area (TPSA) is 24.9 Å². The van der Waals surface area contributed by atoms with E-state index in [-0.39, 0.29) is 0 Å². The van der Waals surface area contributed by atoms with E-state index < -0.39 is 0 Å². The molecule has 1 aromatic rings. The van der Waals surface area contributed by atoms with E-state index in [1.807, 2.05) is 19.4 Å². The van der Waals surface area contributed by atoms with Crippen molar-refractivity contribution in [2.75, 3.05) is 13.6 Å². The fourth-order valence-corrected chi connectivity index (χ4v) is 2.20. The Labute approximate surface area is 101 Å².